The summed E-state index contributed by atoms with van der Waals surface area (Å²) in [5, 5.41) is 5.54. The zero-order chi connectivity index (χ0) is 22.4. The summed E-state index contributed by atoms with van der Waals surface area (Å²) in [5.41, 5.74) is 7.16. The Morgan fingerprint density at radius 3 is 2.41 bits per heavy atom. The molecule has 1 fully saturated rings. The van der Waals surface area contributed by atoms with Crippen molar-refractivity contribution in [2.45, 2.75) is 64.5 Å². The lowest BCUT2D eigenvalue weighted by Gasteiger charge is -2.30. The fourth-order valence-electron chi connectivity index (χ4n) is 3.95. The summed E-state index contributed by atoms with van der Waals surface area (Å²) in [6.07, 6.45) is 6.22. The van der Waals surface area contributed by atoms with E-state index in [1.807, 2.05) is 6.92 Å². The molecule has 2 amide bonds. The molecule has 9 heteroatoms. The van der Waals surface area contributed by atoms with E-state index in [2.05, 4.69) is 10.6 Å². The SMILES string of the molecule is CCC1=C(C(=O)OCC2CCCCC2)[C@H](c2ccc(OC(=O)[C@H](C)N)cc2)NC(=O)N1.Cl. The minimum Gasteiger partial charge on any atom is -0.462 e. The quantitative estimate of drug-likeness (QED) is 0.418. The van der Waals surface area contributed by atoms with Crippen molar-refractivity contribution in [1.29, 1.82) is 0 Å². The molecule has 0 saturated heterocycles. The number of allylic oxidation sites excluding steroid dienone is 1. The monoisotopic (exact) mass is 465 g/mol. The molecule has 2 atom stereocenters. The maximum Gasteiger partial charge on any atom is 0.338 e. The van der Waals surface area contributed by atoms with Gasteiger partial charge in [0, 0.05) is 5.70 Å². The van der Waals surface area contributed by atoms with Gasteiger partial charge in [-0.2, -0.15) is 0 Å². The van der Waals surface area contributed by atoms with Crippen molar-refractivity contribution in [2.75, 3.05) is 6.61 Å². The molecule has 3 rings (SSSR count). The van der Waals surface area contributed by atoms with Gasteiger partial charge >= 0.3 is 18.0 Å². The van der Waals surface area contributed by atoms with Crippen LogP contribution in [0.1, 0.15) is 64.0 Å². The van der Waals surface area contributed by atoms with Gasteiger partial charge in [0.15, 0.2) is 0 Å². The predicted octanol–water partition coefficient (Wildman–Crippen LogP) is 3.50. The first-order valence-corrected chi connectivity index (χ1v) is 10.9. The third-order valence-electron chi connectivity index (χ3n) is 5.71. The molecule has 1 saturated carbocycles. The average Bonchev–Trinajstić information content (AvgIpc) is 2.78. The topological polar surface area (TPSA) is 120 Å². The van der Waals surface area contributed by atoms with Crippen LogP contribution in [0, 0.1) is 5.92 Å². The second-order valence-corrected chi connectivity index (χ2v) is 8.16. The Labute approximate surface area is 194 Å². The number of nitrogens with two attached hydrogens (primary N) is 1. The molecule has 8 nitrogen and oxygen atoms in total. The largest absolute Gasteiger partial charge is 0.462 e. The summed E-state index contributed by atoms with van der Waals surface area (Å²) >= 11 is 0. The standard InChI is InChI=1S/C23H31N3O5.ClH/c1-3-18-19(22(28)30-13-15-7-5-4-6-8-15)20(26-23(29)25-18)16-9-11-17(12-10-16)31-21(27)14(2)24;/h9-12,14-15,20H,3-8,13,24H2,1-2H3,(H2,25,26,29);1H/t14-,20-;/m0./s1. The van der Waals surface area contributed by atoms with E-state index in [0.717, 1.165) is 12.8 Å². The fourth-order valence-corrected chi connectivity index (χ4v) is 3.95. The molecule has 1 aliphatic heterocycles. The second-order valence-electron chi connectivity index (χ2n) is 8.16. The van der Waals surface area contributed by atoms with Crippen LogP contribution in [0.4, 0.5) is 4.79 Å². The Morgan fingerprint density at radius 1 is 1.16 bits per heavy atom. The third-order valence-corrected chi connectivity index (χ3v) is 5.71. The van der Waals surface area contributed by atoms with Gasteiger partial charge in [-0.05, 0) is 49.8 Å². The number of hydrogen-bond donors (Lipinski definition) is 3. The Kier molecular flexibility index (Phi) is 9.53. The molecule has 1 aliphatic carbocycles. The number of urea groups is 1. The number of carbonyl (C=O) groups excluding carboxylic acids is 3. The van der Waals surface area contributed by atoms with E-state index in [4.69, 9.17) is 15.2 Å². The van der Waals surface area contributed by atoms with Crippen molar-refractivity contribution >= 4 is 30.4 Å². The minimum absolute atomic E-state index is 0. The first kappa shape index (κ1) is 25.7. The van der Waals surface area contributed by atoms with E-state index < -0.39 is 24.0 Å². The van der Waals surface area contributed by atoms with E-state index in [1.54, 1.807) is 31.2 Å². The van der Waals surface area contributed by atoms with E-state index >= 15 is 0 Å². The third kappa shape index (κ3) is 6.46. The molecule has 1 aromatic carbocycles. The van der Waals surface area contributed by atoms with Gasteiger partial charge in [-0.3, -0.25) is 0 Å². The molecular formula is C23H32ClN3O5. The molecule has 0 bridgehead atoms. The van der Waals surface area contributed by atoms with Crippen LogP contribution in [0.3, 0.4) is 0 Å². The van der Waals surface area contributed by atoms with Crippen molar-refractivity contribution in [3.63, 3.8) is 0 Å². The van der Waals surface area contributed by atoms with Crippen molar-refractivity contribution < 1.29 is 23.9 Å². The zero-order valence-corrected chi connectivity index (χ0v) is 19.3. The van der Waals surface area contributed by atoms with Crippen LogP contribution in [-0.2, 0) is 14.3 Å². The molecule has 1 aromatic rings. The Morgan fingerprint density at radius 2 is 1.81 bits per heavy atom. The highest BCUT2D eigenvalue weighted by atomic mass is 35.5. The molecule has 0 radical (unpaired) electrons. The van der Waals surface area contributed by atoms with Gasteiger partial charge in [-0.1, -0.05) is 38.3 Å². The molecule has 0 spiro atoms. The minimum atomic E-state index is -0.732. The van der Waals surface area contributed by atoms with Crippen LogP contribution in [0.2, 0.25) is 0 Å². The fraction of sp³-hybridized carbons (Fsp3) is 0.522. The lowest BCUT2D eigenvalue weighted by atomic mass is 9.90. The molecule has 2 aliphatic rings. The molecule has 176 valence electrons. The van der Waals surface area contributed by atoms with Crippen molar-refractivity contribution in [1.82, 2.24) is 10.6 Å². The first-order valence-electron chi connectivity index (χ1n) is 10.9. The van der Waals surface area contributed by atoms with Gasteiger partial charge in [-0.25, -0.2) is 14.4 Å². The number of ether oxygens (including phenoxy) is 2. The van der Waals surface area contributed by atoms with Crippen LogP contribution in [0.25, 0.3) is 0 Å². The molecular weight excluding hydrogens is 434 g/mol. The van der Waals surface area contributed by atoms with Gasteiger partial charge in [0.25, 0.3) is 0 Å². The smallest absolute Gasteiger partial charge is 0.338 e. The molecule has 1 heterocycles. The predicted molar refractivity (Wildman–Crippen MR) is 122 cm³/mol. The maximum atomic E-state index is 13.0. The highest BCUT2D eigenvalue weighted by Gasteiger charge is 2.33. The maximum absolute atomic E-state index is 13.0. The Balaban J connectivity index is 0.00000363. The second kappa shape index (κ2) is 11.9. The number of carbonyl (C=O) groups is 3. The molecule has 0 aromatic heterocycles. The highest BCUT2D eigenvalue weighted by molar-refractivity contribution is 5.95. The van der Waals surface area contributed by atoms with Crippen LogP contribution in [-0.4, -0.2) is 30.6 Å². The Bertz CT molecular complexity index is 848. The van der Waals surface area contributed by atoms with Gasteiger partial charge in [0.05, 0.1) is 18.2 Å². The average molecular weight is 466 g/mol. The van der Waals surface area contributed by atoms with Crippen molar-refractivity contribution in [3.05, 3.63) is 41.1 Å². The van der Waals surface area contributed by atoms with Gasteiger partial charge in [0.2, 0.25) is 0 Å². The summed E-state index contributed by atoms with van der Waals surface area (Å²) < 4.78 is 10.9. The number of nitrogens with one attached hydrogen (secondary N) is 2. The number of rotatable bonds is 7. The van der Waals surface area contributed by atoms with Gasteiger partial charge in [0.1, 0.15) is 11.8 Å². The highest BCUT2D eigenvalue weighted by Crippen LogP contribution is 2.31. The first-order chi connectivity index (χ1) is 14.9. The number of hydrogen-bond acceptors (Lipinski definition) is 6. The van der Waals surface area contributed by atoms with E-state index in [-0.39, 0.29) is 18.4 Å². The summed E-state index contributed by atoms with van der Waals surface area (Å²) in [6, 6.07) is 4.88. The molecule has 32 heavy (non-hydrogen) atoms. The van der Waals surface area contributed by atoms with Gasteiger partial charge in [-0.15, -0.1) is 12.4 Å². The van der Waals surface area contributed by atoms with Crippen LogP contribution in [0.15, 0.2) is 35.5 Å². The number of esters is 2. The van der Waals surface area contributed by atoms with Crippen LogP contribution in [0.5, 0.6) is 5.75 Å². The van der Waals surface area contributed by atoms with Crippen molar-refractivity contribution in [3.8, 4) is 5.75 Å². The van der Waals surface area contributed by atoms with Crippen LogP contribution < -0.4 is 21.1 Å². The number of halogens is 1. The Hall–Kier alpha value is -2.58. The summed E-state index contributed by atoms with van der Waals surface area (Å²) in [6.45, 7) is 3.82. The molecule has 0 unspecified atom stereocenters. The van der Waals surface area contributed by atoms with E-state index in [1.165, 1.54) is 19.3 Å². The van der Waals surface area contributed by atoms with Crippen molar-refractivity contribution in [2.24, 2.45) is 11.7 Å². The lowest BCUT2D eigenvalue weighted by Crippen LogP contribution is -2.46. The summed E-state index contributed by atoms with van der Waals surface area (Å²) in [4.78, 5) is 36.9. The van der Waals surface area contributed by atoms with Gasteiger partial charge < -0.3 is 25.8 Å². The van der Waals surface area contributed by atoms with Crippen LogP contribution >= 0.6 is 12.4 Å². The zero-order valence-electron chi connectivity index (χ0n) is 18.5. The normalized spacial score (nSPS) is 19.8. The number of benzene rings is 1. The number of amides is 2. The van der Waals surface area contributed by atoms with E-state index in [9.17, 15) is 14.4 Å². The van der Waals surface area contributed by atoms with E-state index in [0.29, 0.717) is 41.5 Å². The summed E-state index contributed by atoms with van der Waals surface area (Å²) in [5.74, 6) is -0.227. The summed E-state index contributed by atoms with van der Waals surface area (Å²) in [7, 11) is 0. The molecule has 4 N–H and O–H groups in total. The lowest BCUT2D eigenvalue weighted by molar-refractivity contribution is -0.141.